The van der Waals surface area contributed by atoms with Crippen LogP contribution < -0.4 is 66.4 Å². The molecule has 0 saturated heterocycles. The van der Waals surface area contributed by atoms with Crippen LogP contribution in [-0.4, -0.2) is 59.1 Å². The van der Waals surface area contributed by atoms with Gasteiger partial charge in [-0.2, -0.15) is 0 Å². The van der Waals surface area contributed by atoms with Gasteiger partial charge >= 0.3 is 195 Å². The topological polar surface area (TPSA) is 293 Å². The smallest absolute Gasteiger partial charge is 3.00 e. The number of nitrogens with zero attached hydrogens (tertiary/aromatic N) is 2. The molecular weight excluding hydrogens is 885 g/mol. The summed E-state index contributed by atoms with van der Waals surface area (Å²) in [5, 5.41) is 29.5. The summed E-state index contributed by atoms with van der Waals surface area (Å²) in [6, 6.07) is 0. The molecule has 0 rings (SSSR count). The third kappa shape index (κ3) is 1060. The Hall–Kier alpha value is 3.13. The molecule has 0 fully saturated rings. The third-order valence-corrected chi connectivity index (χ3v) is 0. The SMILES string of the molecule is O=[N+]([O-])[O-].O=[N+]([O-])[O-].[Ba+2].[K+].[O]=[W](=[O])([O-])[O-].[O]=[W](=[O])([O-])[O-].[Y+3]. The molecular formula is BaKN2O14W2Y. The van der Waals surface area contributed by atoms with Gasteiger partial charge < -0.3 is 30.6 Å². The monoisotopic (exact) mass is 886 g/mol. The van der Waals surface area contributed by atoms with Crippen molar-refractivity contribution in [1.29, 1.82) is 0 Å². The molecule has 0 N–H and O–H groups in total. The molecule has 0 aliphatic carbocycles. The molecule has 0 bridgehead atoms. The Morgan fingerprint density at radius 3 is 0.619 bits per heavy atom. The Morgan fingerprint density at radius 2 is 0.619 bits per heavy atom. The fourth-order valence-corrected chi connectivity index (χ4v) is 0. The van der Waals surface area contributed by atoms with E-state index in [1.54, 1.807) is 0 Å². The Kier molecular flexibility index (Phi) is 53.1. The summed E-state index contributed by atoms with van der Waals surface area (Å²) >= 11 is -12.3. The van der Waals surface area contributed by atoms with Gasteiger partial charge in [0.25, 0.3) is 0 Å². The average molecular weight is 885 g/mol. The van der Waals surface area contributed by atoms with Crippen LogP contribution >= 0.6 is 0 Å². The minimum atomic E-state index is -6.17. The summed E-state index contributed by atoms with van der Waals surface area (Å²) in [6.45, 7) is 0. The normalized spacial score (nSPS) is 7.81. The fourth-order valence-electron chi connectivity index (χ4n) is 0. The maximum Gasteiger partial charge on any atom is 3.00 e. The van der Waals surface area contributed by atoms with Crippen molar-refractivity contribution in [1.82, 2.24) is 0 Å². The molecule has 0 aliphatic rings. The minimum Gasteiger partial charge on any atom is 3.00 e. The molecule has 0 heterocycles. The molecule has 112 valence electrons. The van der Waals surface area contributed by atoms with Gasteiger partial charge in [-0.15, -0.1) is 0 Å². The largest absolute Gasteiger partial charge is 3.00 e. The van der Waals surface area contributed by atoms with Crippen molar-refractivity contribution in [2.75, 3.05) is 0 Å². The van der Waals surface area contributed by atoms with Crippen LogP contribution in [0.25, 0.3) is 0 Å². The first kappa shape index (κ1) is 44.0. The van der Waals surface area contributed by atoms with Crippen molar-refractivity contribution < 1.29 is 156 Å². The van der Waals surface area contributed by atoms with Crippen molar-refractivity contribution in [3.05, 3.63) is 30.6 Å². The standard InChI is InChI=1S/Ba.K.2NO3.8O.2W.Y/c;;2*2-1(3)4;;;;;;;;;;;/q+2;+1;2*-1;;;;;4*-1;;;+3. The van der Waals surface area contributed by atoms with E-state index in [9.17, 15) is 0 Å². The van der Waals surface area contributed by atoms with Crippen LogP contribution in [0.4, 0.5) is 0 Å². The summed E-state index contributed by atoms with van der Waals surface area (Å²) < 4.78 is 69.2. The van der Waals surface area contributed by atoms with E-state index in [0.29, 0.717) is 0 Å². The zero-order valence-electron chi connectivity index (χ0n) is 9.71. The molecule has 0 atom stereocenters. The van der Waals surface area contributed by atoms with Gasteiger partial charge in [0.1, 0.15) is 0 Å². The number of hydrogen-bond donors (Lipinski definition) is 0. The summed E-state index contributed by atoms with van der Waals surface area (Å²) in [5.41, 5.74) is 0. The Bertz CT molecular complexity index is 362. The van der Waals surface area contributed by atoms with Gasteiger partial charge in [-0.3, -0.25) is 0 Å². The number of rotatable bonds is 0. The van der Waals surface area contributed by atoms with E-state index in [1.807, 2.05) is 0 Å². The van der Waals surface area contributed by atoms with Crippen LogP contribution in [0, 0.1) is 30.6 Å². The van der Waals surface area contributed by atoms with E-state index in [0.717, 1.165) is 0 Å². The first-order valence-corrected chi connectivity index (χ1v) is 12.0. The molecule has 0 saturated carbocycles. The first-order valence-electron chi connectivity index (χ1n) is 2.43. The molecule has 0 aromatic heterocycles. The van der Waals surface area contributed by atoms with E-state index in [1.165, 1.54) is 0 Å². The van der Waals surface area contributed by atoms with Crippen LogP contribution in [0.2, 0.25) is 0 Å². The maximum atomic E-state index is 8.65. The van der Waals surface area contributed by atoms with Crippen LogP contribution in [0.1, 0.15) is 0 Å². The molecule has 0 aromatic carbocycles. The van der Waals surface area contributed by atoms with Gasteiger partial charge in [0.05, 0.1) is 10.2 Å². The summed E-state index contributed by atoms with van der Waals surface area (Å²) in [7, 11) is 0. The van der Waals surface area contributed by atoms with E-state index in [2.05, 4.69) is 0 Å². The zero-order chi connectivity index (χ0) is 16.2. The van der Waals surface area contributed by atoms with Crippen molar-refractivity contribution in [2.45, 2.75) is 0 Å². The third-order valence-electron chi connectivity index (χ3n) is 0. The summed E-state index contributed by atoms with van der Waals surface area (Å²) in [4.78, 5) is 16.5. The second kappa shape index (κ2) is 25.4. The van der Waals surface area contributed by atoms with Crippen LogP contribution in [0.15, 0.2) is 0 Å². The predicted octanol–water partition coefficient (Wildman–Crippen LogP) is -9.09. The number of hydrogen-bond acceptors (Lipinski definition) is 14. The molecule has 16 nitrogen and oxygen atoms in total. The van der Waals surface area contributed by atoms with Crippen LogP contribution in [0.3, 0.4) is 0 Å². The van der Waals surface area contributed by atoms with Crippen molar-refractivity contribution in [2.24, 2.45) is 0 Å². The summed E-state index contributed by atoms with van der Waals surface area (Å²) in [6.07, 6.45) is 0. The minimum absolute atomic E-state index is 0. The van der Waals surface area contributed by atoms with Gasteiger partial charge in [0, 0.05) is 0 Å². The van der Waals surface area contributed by atoms with Gasteiger partial charge in [-0.25, -0.2) is 0 Å². The Balaban J connectivity index is -0.0000000239. The second-order valence-electron chi connectivity index (χ2n) is 1.26. The van der Waals surface area contributed by atoms with Crippen molar-refractivity contribution in [3.8, 4) is 0 Å². The van der Waals surface area contributed by atoms with E-state index in [-0.39, 0.29) is 133 Å². The van der Waals surface area contributed by atoms with Gasteiger partial charge in [0.2, 0.25) is 0 Å². The van der Waals surface area contributed by atoms with Crippen molar-refractivity contribution >= 4 is 48.9 Å². The molecule has 0 amide bonds. The molecule has 21 heteroatoms. The van der Waals surface area contributed by atoms with Gasteiger partial charge in [0.15, 0.2) is 0 Å². The average Bonchev–Trinajstić information content (AvgIpc) is 1.70. The Morgan fingerprint density at radius 1 is 0.619 bits per heavy atom. The van der Waals surface area contributed by atoms with Crippen LogP contribution in [-0.2, 0) is 79.8 Å². The van der Waals surface area contributed by atoms with Crippen LogP contribution in [0.5, 0.6) is 0 Å². The fraction of sp³-hybridized carbons (Fsp3) is 0. The molecule has 0 spiro atoms. The maximum absolute atomic E-state index is 8.65. The quantitative estimate of drug-likeness (QED) is 0.124. The van der Waals surface area contributed by atoms with E-state index >= 15 is 0 Å². The van der Waals surface area contributed by atoms with E-state index < -0.39 is 43.7 Å². The molecule has 0 aromatic rings. The zero-order valence-corrected chi connectivity index (χ0v) is 26.0. The molecule has 21 heavy (non-hydrogen) atoms. The second-order valence-corrected chi connectivity index (χ2v) is 7.13. The van der Waals surface area contributed by atoms with Crippen molar-refractivity contribution in [3.63, 3.8) is 0 Å². The Labute approximate surface area is 230 Å². The molecule has 0 radical (unpaired) electrons. The van der Waals surface area contributed by atoms with Gasteiger partial charge in [-0.1, -0.05) is 0 Å². The summed E-state index contributed by atoms with van der Waals surface area (Å²) in [5.74, 6) is 0. The molecule has 0 unspecified atom stereocenters. The molecule has 0 aliphatic heterocycles. The predicted molar refractivity (Wildman–Crippen MR) is 29.2 cm³/mol. The first-order chi connectivity index (χ1) is 7.46. The van der Waals surface area contributed by atoms with Gasteiger partial charge in [-0.05, 0) is 0 Å². The van der Waals surface area contributed by atoms with E-state index in [4.69, 9.17) is 59.3 Å².